The van der Waals surface area contributed by atoms with E-state index in [4.69, 9.17) is 0 Å². The molecule has 4 heterocycles. The molecular weight excluding hydrogens is 426 g/mol. The maximum atomic E-state index is 11.3. The third kappa shape index (κ3) is 3.79. The van der Waals surface area contributed by atoms with Crippen molar-refractivity contribution >= 4 is 33.2 Å². The average Bonchev–Trinajstić information content (AvgIpc) is 3.15. The predicted molar refractivity (Wildman–Crippen MR) is 109 cm³/mol. The van der Waals surface area contributed by atoms with E-state index in [0.717, 1.165) is 19.9 Å². The van der Waals surface area contributed by atoms with Gasteiger partial charge in [0, 0.05) is 17.3 Å². The molecule has 0 aliphatic rings. The summed E-state index contributed by atoms with van der Waals surface area (Å²) in [6.45, 7) is 0. The van der Waals surface area contributed by atoms with Crippen LogP contribution in [0.25, 0.3) is 33.2 Å². The molecule has 4 aromatic heterocycles. The van der Waals surface area contributed by atoms with Gasteiger partial charge in [-0.2, -0.15) is 0 Å². The molecule has 27 heavy (non-hydrogen) atoms. The normalized spacial score (nSPS) is 10.7. The summed E-state index contributed by atoms with van der Waals surface area (Å²) in [5.74, 6) is -0.998. The van der Waals surface area contributed by atoms with E-state index in [0.29, 0.717) is 17.1 Å². The molecule has 132 valence electrons. The zero-order valence-electron chi connectivity index (χ0n) is 13.8. The molecular formula is C20H12BrN3O2S. The second kappa shape index (κ2) is 7.38. The van der Waals surface area contributed by atoms with E-state index in [9.17, 15) is 9.90 Å². The number of thiophene rings is 1. The summed E-state index contributed by atoms with van der Waals surface area (Å²) in [6.07, 6.45) is 3.20. The second-order valence-corrected chi connectivity index (χ2v) is 8.14. The van der Waals surface area contributed by atoms with Crippen LogP contribution < -0.4 is 0 Å². The van der Waals surface area contributed by atoms with Gasteiger partial charge in [-0.05, 0) is 70.0 Å². The Hall–Kier alpha value is -2.90. The standard InChI is InChI=1S/C20H12BrN3O2S/c21-19-5-4-18(27-19)13-10-16(14-3-1-2-7-22-14)24-17(11-13)15-9-12(20(25)26)6-8-23-15/h1-11H,(H,25,26). The number of halogens is 1. The van der Waals surface area contributed by atoms with Gasteiger partial charge in [0.05, 0.1) is 32.1 Å². The number of aromatic nitrogens is 3. The Labute approximate surface area is 167 Å². The molecule has 7 heteroatoms. The lowest BCUT2D eigenvalue weighted by Gasteiger charge is -2.08. The zero-order valence-corrected chi connectivity index (χ0v) is 16.2. The molecule has 0 fully saturated rings. The van der Waals surface area contributed by atoms with Gasteiger partial charge in [0.15, 0.2) is 0 Å². The van der Waals surface area contributed by atoms with Crippen molar-refractivity contribution < 1.29 is 9.90 Å². The van der Waals surface area contributed by atoms with Gasteiger partial charge in [0.2, 0.25) is 0 Å². The first-order valence-corrected chi connectivity index (χ1v) is 9.60. The van der Waals surface area contributed by atoms with Crippen LogP contribution in [-0.4, -0.2) is 26.0 Å². The van der Waals surface area contributed by atoms with E-state index in [2.05, 4.69) is 30.9 Å². The molecule has 4 rings (SSSR count). The van der Waals surface area contributed by atoms with Crippen molar-refractivity contribution in [3.63, 3.8) is 0 Å². The van der Waals surface area contributed by atoms with Gasteiger partial charge >= 0.3 is 5.97 Å². The largest absolute Gasteiger partial charge is 0.478 e. The molecule has 0 aromatic carbocycles. The molecule has 0 spiro atoms. The number of rotatable bonds is 4. The van der Waals surface area contributed by atoms with Crippen molar-refractivity contribution in [2.75, 3.05) is 0 Å². The Morgan fingerprint density at radius 1 is 0.889 bits per heavy atom. The molecule has 4 aromatic rings. The van der Waals surface area contributed by atoms with Crippen molar-refractivity contribution in [2.45, 2.75) is 0 Å². The van der Waals surface area contributed by atoms with Crippen LogP contribution in [0.3, 0.4) is 0 Å². The summed E-state index contributed by atoms with van der Waals surface area (Å²) in [6, 6.07) is 16.5. The number of carboxylic acids is 1. The molecule has 0 atom stereocenters. The molecule has 1 N–H and O–H groups in total. The summed E-state index contributed by atoms with van der Waals surface area (Å²) >= 11 is 5.11. The van der Waals surface area contributed by atoms with E-state index in [1.807, 2.05) is 42.5 Å². The number of carboxylic acid groups (broad SMARTS) is 1. The van der Waals surface area contributed by atoms with E-state index in [1.165, 1.54) is 18.3 Å². The van der Waals surface area contributed by atoms with E-state index in [1.54, 1.807) is 17.5 Å². The summed E-state index contributed by atoms with van der Waals surface area (Å²) < 4.78 is 1.03. The third-order valence-corrected chi connectivity index (χ3v) is 5.55. The highest BCUT2D eigenvalue weighted by molar-refractivity contribution is 9.11. The Kier molecular flexibility index (Phi) is 4.79. The van der Waals surface area contributed by atoms with Crippen molar-refractivity contribution in [3.05, 3.63) is 76.3 Å². The van der Waals surface area contributed by atoms with Gasteiger partial charge in [0.1, 0.15) is 0 Å². The van der Waals surface area contributed by atoms with Gasteiger partial charge in [-0.25, -0.2) is 9.78 Å². The van der Waals surface area contributed by atoms with Crippen molar-refractivity contribution in [1.29, 1.82) is 0 Å². The maximum absolute atomic E-state index is 11.3. The Bertz CT molecular complexity index is 1130. The van der Waals surface area contributed by atoms with Crippen molar-refractivity contribution in [1.82, 2.24) is 15.0 Å². The van der Waals surface area contributed by atoms with Crippen LogP contribution in [0.2, 0.25) is 0 Å². The van der Waals surface area contributed by atoms with Crippen LogP contribution in [0.1, 0.15) is 10.4 Å². The fourth-order valence-electron chi connectivity index (χ4n) is 2.62. The highest BCUT2D eigenvalue weighted by Gasteiger charge is 2.13. The summed E-state index contributed by atoms with van der Waals surface area (Å²) in [5.41, 5.74) is 3.69. The first-order valence-electron chi connectivity index (χ1n) is 7.99. The van der Waals surface area contributed by atoms with Gasteiger partial charge in [-0.1, -0.05) is 6.07 Å². The molecule has 0 bridgehead atoms. The number of pyridine rings is 3. The van der Waals surface area contributed by atoms with Crippen LogP contribution in [0.5, 0.6) is 0 Å². The Balaban J connectivity index is 1.91. The molecule has 0 unspecified atom stereocenters. The Morgan fingerprint density at radius 3 is 2.33 bits per heavy atom. The van der Waals surface area contributed by atoms with Gasteiger partial charge in [0.25, 0.3) is 0 Å². The zero-order chi connectivity index (χ0) is 18.8. The Morgan fingerprint density at radius 2 is 1.67 bits per heavy atom. The number of aromatic carboxylic acids is 1. The molecule has 0 saturated heterocycles. The van der Waals surface area contributed by atoms with Gasteiger partial charge < -0.3 is 5.11 Å². The van der Waals surface area contributed by atoms with Crippen molar-refractivity contribution in [3.8, 4) is 33.2 Å². The summed E-state index contributed by atoms with van der Waals surface area (Å²) in [7, 11) is 0. The van der Waals surface area contributed by atoms with Crippen LogP contribution in [0.4, 0.5) is 0 Å². The molecule has 0 aliphatic heterocycles. The lowest BCUT2D eigenvalue weighted by molar-refractivity contribution is 0.0697. The van der Waals surface area contributed by atoms with Crippen LogP contribution >= 0.6 is 27.3 Å². The number of nitrogens with zero attached hydrogens (tertiary/aromatic N) is 3. The van der Waals surface area contributed by atoms with Gasteiger partial charge in [-0.15, -0.1) is 11.3 Å². The first-order chi connectivity index (χ1) is 13.1. The summed E-state index contributed by atoms with van der Waals surface area (Å²) in [5, 5.41) is 9.26. The smallest absolute Gasteiger partial charge is 0.335 e. The molecule has 0 radical (unpaired) electrons. The SMILES string of the molecule is O=C(O)c1ccnc(-c2cc(-c3ccc(Br)s3)cc(-c3ccccn3)n2)c1. The highest BCUT2D eigenvalue weighted by atomic mass is 79.9. The third-order valence-electron chi connectivity index (χ3n) is 3.88. The van der Waals surface area contributed by atoms with Crippen LogP contribution in [-0.2, 0) is 0 Å². The lowest BCUT2D eigenvalue weighted by Crippen LogP contribution is -1.99. The minimum Gasteiger partial charge on any atom is -0.478 e. The van der Waals surface area contributed by atoms with E-state index < -0.39 is 5.97 Å². The minimum absolute atomic E-state index is 0.172. The fourth-order valence-corrected chi connectivity index (χ4v) is 4.00. The molecule has 0 aliphatic carbocycles. The van der Waals surface area contributed by atoms with E-state index >= 15 is 0 Å². The highest BCUT2D eigenvalue weighted by Crippen LogP contribution is 2.34. The maximum Gasteiger partial charge on any atom is 0.335 e. The number of carbonyl (C=O) groups is 1. The van der Waals surface area contributed by atoms with Crippen molar-refractivity contribution in [2.24, 2.45) is 0 Å². The fraction of sp³-hybridized carbons (Fsp3) is 0. The van der Waals surface area contributed by atoms with Gasteiger partial charge in [-0.3, -0.25) is 9.97 Å². The average molecular weight is 438 g/mol. The van der Waals surface area contributed by atoms with E-state index in [-0.39, 0.29) is 5.56 Å². The lowest BCUT2D eigenvalue weighted by atomic mass is 10.1. The monoisotopic (exact) mass is 437 g/mol. The molecule has 0 amide bonds. The predicted octanol–water partition coefficient (Wildman–Crippen LogP) is 5.39. The summed E-state index contributed by atoms with van der Waals surface area (Å²) in [4.78, 5) is 25.8. The number of hydrogen-bond acceptors (Lipinski definition) is 5. The molecule has 0 saturated carbocycles. The topological polar surface area (TPSA) is 76.0 Å². The molecule has 5 nitrogen and oxygen atoms in total. The van der Waals surface area contributed by atoms with Crippen LogP contribution in [0.15, 0.2) is 70.8 Å². The number of hydrogen-bond donors (Lipinski definition) is 1. The first kappa shape index (κ1) is 17.5. The minimum atomic E-state index is -0.998. The second-order valence-electron chi connectivity index (χ2n) is 5.68. The quantitative estimate of drug-likeness (QED) is 0.462. The van der Waals surface area contributed by atoms with Crippen LogP contribution in [0, 0.1) is 0 Å².